The Balaban J connectivity index is 1.82. The normalized spacial score (nSPS) is 64.7. The Kier molecular flexibility index (Phi) is 0.913. The van der Waals surface area contributed by atoms with E-state index in [4.69, 9.17) is 9.47 Å². The van der Waals surface area contributed by atoms with Gasteiger partial charge in [0.15, 0.2) is 0 Å². The Morgan fingerprint density at radius 1 is 0.833 bits per heavy atom. The summed E-state index contributed by atoms with van der Waals surface area (Å²) in [6.07, 6.45) is 8.86. The molecule has 4 rings (SSSR count). The van der Waals surface area contributed by atoms with E-state index in [1.165, 1.54) is 12.8 Å². The quantitative estimate of drug-likeness (QED) is 0.499. The summed E-state index contributed by atoms with van der Waals surface area (Å²) >= 11 is 0. The molecule has 6 unspecified atom stereocenters. The molecule has 64 valence electrons. The van der Waals surface area contributed by atoms with Crippen LogP contribution < -0.4 is 0 Å². The molecule has 4 aliphatic rings. The van der Waals surface area contributed by atoms with Gasteiger partial charge in [0.05, 0.1) is 24.4 Å². The minimum absolute atomic E-state index is 0.398. The molecule has 2 nitrogen and oxygen atoms in total. The Hall–Kier alpha value is -0.340. The summed E-state index contributed by atoms with van der Waals surface area (Å²) in [5.41, 5.74) is 0. The first-order valence-corrected chi connectivity index (χ1v) is 4.93. The largest absolute Gasteiger partial charge is 0.374 e. The van der Waals surface area contributed by atoms with E-state index >= 15 is 0 Å². The summed E-state index contributed by atoms with van der Waals surface area (Å²) in [7, 11) is 0. The van der Waals surface area contributed by atoms with E-state index in [1.54, 1.807) is 0 Å². The van der Waals surface area contributed by atoms with Crippen molar-refractivity contribution in [2.24, 2.45) is 11.8 Å². The third-order valence-corrected chi connectivity index (χ3v) is 3.95. The van der Waals surface area contributed by atoms with E-state index < -0.39 is 0 Å². The lowest BCUT2D eigenvalue weighted by Crippen LogP contribution is -2.33. The molecule has 0 aromatic carbocycles. The molecule has 3 fully saturated rings. The van der Waals surface area contributed by atoms with Crippen molar-refractivity contribution in [1.82, 2.24) is 0 Å². The van der Waals surface area contributed by atoms with Gasteiger partial charge in [-0.1, -0.05) is 12.2 Å². The van der Waals surface area contributed by atoms with Gasteiger partial charge in [0, 0.05) is 11.8 Å². The number of hydrogen-bond acceptors (Lipinski definition) is 2. The summed E-state index contributed by atoms with van der Waals surface area (Å²) in [6.45, 7) is 0. The van der Waals surface area contributed by atoms with Crippen LogP contribution in [0, 0.1) is 11.8 Å². The average molecular weight is 164 g/mol. The Labute approximate surface area is 71.5 Å². The van der Waals surface area contributed by atoms with Gasteiger partial charge in [0.1, 0.15) is 0 Å². The zero-order chi connectivity index (χ0) is 7.71. The molecule has 0 spiro atoms. The predicted molar refractivity (Wildman–Crippen MR) is 42.7 cm³/mol. The van der Waals surface area contributed by atoms with Crippen molar-refractivity contribution in [2.75, 3.05) is 0 Å². The minimum Gasteiger partial charge on any atom is -0.374 e. The molecule has 0 radical (unpaired) electrons. The lowest BCUT2D eigenvalue weighted by Gasteiger charge is -2.25. The summed E-state index contributed by atoms with van der Waals surface area (Å²) in [5, 5.41) is 0. The second kappa shape index (κ2) is 1.78. The summed E-state index contributed by atoms with van der Waals surface area (Å²) in [6, 6.07) is 0. The first-order valence-electron chi connectivity index (χ1n) is 4.93. The van der Waals surface area contributed by atoms with Gasteiger partial charge in [-0.05, 0) is 12.8 Å². The molecule has 4 bridgehead atoms. The second-order valence-electron chi connectivity index (χ2n) is 4.40. The van der Waals surface area contributed by atoms with Gasteiger partial charge in [-0.2, -0.15) is 0 Å². The Morgan fingerprint density at radius 3 is 2.00 bits per heavy atom. The second-order valence-corrected chi connectivity index (χ2v) is 4.40. The summed E-state index contributed by atoms with van der Waals surface area (Å²) in [5.74, 6) is 1.41. The van der Waals surface area contributed by atoms with Gasteiger partial charge in [-0.15, -0.1) is 0 Å². The molecule has 0 N–H and O–H groups in total. The van der Waals surface area contributed by atoms with Gasteiger partial charge in [0.2, 0.25) is 0 Å². The van der Waals surface area contributed by atoms with Crippen molar-refractivity contribution in [3.8, 4) is 0 Å². The number of fused-ring (bicyclic) bond motifs is 9. The molecular weight excluding hydrogens is 152 g/mol. The summed E-state index contributed by atoms with van der Waals surface area (Å²) < 4.78 is 11.7. The van der Waals surface area contributed by atoms with Crippen LogP contribution in [0.1, 0.15) is 12.8 Å². The fraction of sp³-hybridized carbons (Fsp3) is 0.800. The first-order chi connectivity index (χ1) is 5.93. The highest BCUT2D eigenvalue weighted by molar-refractivity contribution is 5.20. The van der Waals surface area contributed by atoms with Crippen molar-refractivity contribution in [3.63, 3.8) is 0 Å². The molecule has 0 aromatic rings. The maximum absolute atomic E-state index is 5.90. The lowest BCUT2D eigenvalue weighted by atomic mass is 9.73. The van der Waals surface area contributed by atoms with E-state index in [0.717, 1.165) is 0 Å². The Morgan fingerprint density at radius 2 is 1.42 bits per heavy atom. The molecule has 4 heterocycles. The molecule has 2 heteroatoms. The van der Waals surface area contributed by atoms with Crippen molar-refractivity contribution >= 4 is 0 Å². The molecule has 12 heavy (non-hydrogen) atoms. The van der Waals surface area contributed by atoms with Gasteiger partial charge in [0.25, 0.3) is 0 Å². The SMILES string of the molecule is C1=CC2OC1C1C3CCC(O3)C21. The molecule has 6 atom stereocenters. The van der Waals surface area contributed by atoms with Crippen LogP contribution in [0.4, 0.5) is 0 Å². The highest BCUT2D eigenvalue weighted by Gasteiger charge is 2.60. The summed E-state index contributed by atoms with van der Waals surface area (Å²) in [4.78, 5) is 0. The van der Waals surface area contributed by atoms with Crippen LogP contribution in [0.3, 0.4) is 0 Å². The average Bonchev–Trinajstić information content (AvgIpc) is 2.83. The van der Waals surface area contributed by atoms with Crippen LogP contribution in [-0.4, -0.2) is 24.4 Å². The van der Waals surface area contributed by atoms with Gasteiger partial charge in [-0.3, -0.25) is 0 Å². The monoisotopic (exact) mass is 164 g/mol. The molecule has 3 saturated heterocycles. The van der Waals surface area contributed by atoms with Crippen LogP contribution in [0.15, 0.2) is 12.2 Å². The Bertz CT molecular complexity index is 237. The predicted octanol–water partition coefficient (Wildman–Crippen LogP) is 1.12. The maximum Gasteiger partial charge on any atom is 0.0822 e. The van der Waals surface area contributed by atoms with Crippen molar-refractivity contribution in [3.05, 3.63) is 12.2 Å². The fourth-order valence-corrected chi connectivity index (χ4v) is 3.54. The topological polar surface area (TPSA) is 18.5 Å². The van der Waals surface area contributed by atoms with E-state index in [1.807, 2.05) is 0 Å². The zero-order valence-electron chi connectivity index (χ0n) is 6.85. The van der Waals surface area contributed by atoms with Crippen LogP contribution >= 0.6 is 0 Å². The third kappa shape index (κ3) is 0.511. The van der Waals surface area contributed by atoms with Gasteiger partial charge < -0.3 is 9.47 Å². The maximum atomic E-state index is 5.90. The van der Waals surface area contributed by atoms with Crippen LogP contribution in [0.25, 0.3) is 0 Å². The smallest absolute Gasteiger partial charge is 0.0822 e. The molecule has 0 aromatic heterocycles. The highest BCUT2D eigenvalue weighted by Crippen LogP contribution is 2.54. The zero-order valence-corrected chi connectivity index (χ0v) is 6.85. The lowest BCUT2D eigenvalue weighted by molar-refractivity contribution is 0.0155. The van der Waals surface area contributed by atoms with E-state index in [2.05, 4.69) is 12.2 Å². The highest BCUT2D eigenvalue weighted by atomic mass is 16.5. The molecule has 0 aliphatic carbocycles. The number of rotatable bonds is 0. The van der Waals surface area contributed by atoms with E-state index in [9.17, 15) is 0 Å². The molecule has 0 saturated carbocycles. The molecule has 0 amide bonds. The van der Waals surface area contributed by atoms with Gasteiger partial charge in [-0.25, -0.2) is 0 Å². The van der Waals surface area contributed by atoms with Crippen LogP contribution in [0.5, 0.6) is 0 Å². The minimum atomic E-state index is 0.398. The fourth-order valence-electron chi connectivity index (χ4n) is 3.54. The standard InChI is InChI=1S/C10H12O2/c1-2-6-10-8-4-3-7(12-8)9(10)5(1)11-6/h1-2,5-10H,3-4H2. The molecule has 4 aliphatic heterocycles. The van der Waals surface area contributed by atoms with E-state index in [0.29, 0.717) is 36.3 Å². The van der Waals surface area contributed by atoms with Crippen molar-refractivity contribution in [1.29, 1.82) is 0 Å². The number of ether oxygens (including phenoxy) is 2. The third-order valence-electron chi connectivity index (χ3n) is 3.95. The van der Waals surface area contributed by atoms with Crippen LogP contribution in [0.2, 0.25) is 0 Å². The number of hydrogen-bond donors (Lipinski definition) is 0. The van der Waals surface area contributed by atoms with Crippen molar-refractivity contribution < 1.29 is 9.47 Å². The first kappa shape index (κ1) is 6.17. The van der Waals surface area contributed by atoms with Gasteiger partial charge >= 0.3 is 0 Å². The van der Waals surface area contributed by atoms with E-state index in [-0.39, 0.29) is 0 Å². The van der Waals surface area contributed by atoms with Crippen molar-refractivity contribution in [2.45, 2.75) is 37.3 Å². The van der Waals surface area contributed by atoms with Crippen LogP contribution in [-0.2, 0) is 9.47 Å². The molecular formula is C10H12O2.